The molecule has 0 saturated carbocycles. The third-order valence-electron chi connectivity index (χ3n) is 3.85. The summed E-state index contributed by atoms with van der Waals surface area (Å²) >= 11 is 0. The topological polar surface area (TPSA) is 106 Å². The number of Topliss-reactive ketones (excluding diaryl/α,β-unsaturated/α-hetero) is 2. The molecular formula is C33H56O6. The van der Waals surface area contributed by atoms with Gasteiger partial charge in [0.25, 0.3) is 0 Å². The average Bonchev–Trinajstić information content (AvgIpc) is 2.55. The van der Waals surface area contributed by atoms with E-state index in [1.165, 1.54) is 26.3 Å². The number of carbonyl (C=O) groups excluding carboxylic acids is 5. The molecule has 0 aromatic rings. The maximum atomic E-state index is 11.0. The summed E-state index contributed by atoms with van der Waals surface area (Å²) in [5.41, 5.74) is 3.75. The highest BCUT2D eigenvalue weighted by atomic mass is 16.3. The molecule has 0 amide bonds. The predicted octanol–water partition coefficient (Wildman–Crippen LogP) is 7.68. The van der Waals surface area contributed by atoms with Gasteiger partial charge in [0, 0.05) is 12.8 Å². The van der Waals surface area contributed by atoms with Crippen LogP contribution in [0.2, 0.25) is 0 Å². The summed E-state index contributed by atoms with van der Waals surface area (Å²) in [4.78, 5) is 51.8. The van der Waals surface area contributed by atoms with E-state index < -0.39 is 5.60 Å². The third-order valence-corrected chi connectivity index (χ3v) is 3.85. The van der Waals surface area contributed by atoms with E-state index in [0.29, 0.717) is 6.42 Å². The summed E-state index contributed by atoms with van der Waals surface area (Å²) in [5, 5.41) is 8.97. The van der Waals surface area contributed by atoms with E-state index in [-0.39, 0.29) is 40.8 Å². The molecule has 6 heteroatoms. The zero-order valence-electron chi connectivity index (χ0n) is 27.4. The van der Waals surface area contributed by atoms with Crippen LogP contribution in [0.1, 0.15) is 123 Å². The molecule has 224 valence electrons. The normalized spacial score (nSPS) is 12.8. The van der Waals surface area contributed by atoms with E-state index in [0.717, 1.165) is 23.1 Å². The molecule has 6 nitrogen and oxygen atoms in total. The Morgan fingerprint density at radius 3 is 1.31 bits per heavy atom. The highest BCUT2D eigenvalue weighted by Gasteiger charge is 2.25. The summed E-state index contributed by atoms with van der Waals surface area (Å²) in [6.07, 6.45) is 8.67. The number of aliphatic hydroxyl groups is 1. The molecule has 0 aromatic heterocycles. The summed E-state index contributed by atoms with van der Waals surface area (Å²) in [5.74, 6) is 0.686. The average molecular weight is 549 g/mol. The SMILES string of the molecule is CC(=O)C=C(C)C.CC(=O)CC(C)(C)O.CC(C)=CC(=O)C=C(C)C.CC(C)=O.CC1=CC(=O)CC(C)(C)C1. The fourth-order valence-corrected chi connectivity index (χ4v) is 3.29. The van der Waals surface area contributed by atoms with Crippen LogP contribution in [0.15, 0.2) is 46.6 Å². The van der Waals surface area contributed by atoms with Crippen LogP contribution in [0.3, 0.4) is 0 Å². The van der Waals surface area contributed by atoms with Gasteiger partial charge in [0.05, 0.1) is 5.60 Å². The molecule has 0 atom stereocenters. The van der Waals surface area contributed by atoms with Gasteiger partial charge in [-0.25, -0.2) is 0 Å². The van der Waals surface area contributed by atoms with Crippen LogP contribution in [0, 0.1) is 5.41 Å². The zero-order chi connectivity index (χ0) is 32.1. The molecule has 1 aliphatic carbocycles. The molecule has 0 saturated heterocycles. The van der Waals surface area contributed by atoms with Gasteiger partial charge in [-0.3, -0.25) is 19.2 Å². The summed E-state index contributed by atoms with van der Waals surface area (Å²) in [6.45, 7) is 27.1. The highest BCUT2D eigenvalue weighted by molar-refractivity contribution is 5.99. The van der Waals surface area contributed by atoms with Crippen molar-refractivity contribution in [2.24, 2.45) is 5.41 Å². The van der Waals surface area contributed by atoms with Gasteiger partial charge in [0.15, 0.2) is 17.3 Å². The lowest BCUT2D eigenvalue weighted by Crippen LogP contribution is -2.21. The molecule has 0 aromatic carbocycles. The Morgan fingerprint density at radius 2 is 1.15 bits per heavy atom. The lowest BCUT2D eigenvalue weighted by molar-refractivity contribution is -0.121. The fourth-order valence-electron chi connectivity index (χ4n) is 3.29. The molecule has 0 fully saturated rings. The molecular weight excluding hydrogens is 492 g/mol. The van der Waals surface area contributed by atoms with Crippen molar-refractivity contribution in [3.8, 4) is 0 Å². The molecule has 1 aliphatic rings. The van der Waals surface area contributed by atoms with Gasteiger partial charge in [-0.15, -0.1) is 0 Å². The minimum atomic E-state index is -0.828. The Kier molecular flexibility index (Phi) is 24.6. The molecule has 1 rings (SSSR count). The summed E-state index contributed by atoms with van der Waals surface area (Å²) < 4.78 is 0. The Bertz CT molecular complexity index is 896. The second kappa shape index (κ2) is 22.1. The maximum absolute atomic E-state index is 11.0. The first-order valence-electron chi connectivity index (χ1n) is 13.2. The van der Waals surface area contributed by atoms with Gasteiger partial charge in [0.1, 0.15) is 11.6 Å². The van der Waals surface area contributed by atoms with Gasteiger partial charge in [-0.1, -0.05) is 36.1 Å². The van der Waals surface area contributed by atoms with Gasteiger partial charge >= 0.3 is 0 Å². The second-order valence-corrected chi connectivity index (χ2v) is 12.3. The summed E-state index contributed by atoms with van der Waals surface area (Å²) in [6, 6.07) is 0. The van der Waals surface area contributed by atoms with Gasteiger partial charge < -0.3 is 9.90 Å². The molecule has 0 spiro atoms. The van der Waals surface area contributed by atoms with Crippen LogP contribution in [-0.2, 0) is 24.0 Å². The Morgan fingerprint density at radius 1 is 0.795 bits per heavy atom. The van der Waals surface area contributed by atoms with Crippen molar-refractivity contribution in [2.45, 2.75) is 129 Å². The maximum Gasteiger partial charge on any atom is 0.178 e. The van der Waals surface area contributed by atoms with Crippen molar-refractivity contribution in [1.82, 2.24) is 0 Å². The van der Waals surface area contributed by atoms with Crippen LogP contribution in [0.25, 0.3) is 0 Å². The number of allylic oxidation sites excluding steroid dienone is 8. The minimum Gasteiger partial charge on any atom is -0.390 e. The van der Waals surface area contributed by atoms with E-state index in [1.54, 1.807) is 45.1 Å². The predicted molar refractivity (Wildman–Crippen MR) is 164 cm³/mol. The first-order valence-corrected chi connectivity index (χ1v) is 13.2. The van der Waals surface area contributed by atoms with Crippen LogP contribution >= 0.6 is 0 Å². The first kappa shape index (κ1) is 43.3. The Hall–Kier alpha value is -2.73. The second-order valence-electron chi connectivity index (χ2n) is 12.3. The molecule has 0 heterocycles. The van der Waals surface area contributed by atoms with Crippen molar-refractivity contribution in [3.05, 3.63) is 46.6 Å². The standard InChI is InChI=1S/2C9H14O.C6H12O2.C6H10O.C3H6O/c1-7-4-8(10)6-9(2,3)5-7;1-7(2)5-9(10)6-8(3)4;1-5(7)4-6(2,3)8;1-5(2)4-6(3)7;1-3(2)4/h4H,5-6H2,1-3H3;5-6H,1-4H3;8H,4H2,1-3H3;4H,1-3H3;1-2H3. The number of ketones is 5. The van der Waals surface area contributed by atoms with Gasteiger partial charge in [-0.2, -0.15) is 0 Å². The van der Waals surface area contributed by atoms with E-state index in [9.17, 15) is 24.0 Å². The third kappa shape index (κ3) is 48.8. The molecule has 0 radical (unpaired) electrons. The Labute approximate surface area is 238 Å². The monoisotopic (exact) mass is 548 g/mol. The lowest BCUT2D eigenvalue weighted by atomic mass is 9.77. The van der Waals surface area contributed by atoms with Crippen LogP contribution < -0.4 is 0 Å². The van der Waals surface area contributed by atoms with Crippen molar-refractivity contribution in [2.75, 3.05) is 0 Å². The van der Waals surface area contributed by atoms with E-state index in [4.69, 9.17) is 5.11 Å². The van der Waals surface area contributed by atoms with Crippen molar-refractivity contribution >= 4 is 28.9 Å². The minimum absolute atomic E-state index is 0.0255. The van der Waals surface area contributed by atoms with Crippen LogP contribution in [0.5, 0.6) is 0 Å². The van der Waals surface area contributed by atoms with Crippen LogP contribution in [0.4, 0.5) is 0 Å². The van der Waals surface area contributed by atoms with Crippen LogP contribution in [-0.4, -0.2) is 39.6 Å². The van der Waals surface area contributed by atoms with Crippen molar-refractivity contribution < 1.29 is 29.1 Å². The molecule has 0 bridgehead atoms. The molecule has 1 N–H and O–H groups in total. The number of hydrogen-bond donors (Lipinski definition) is 1. The zero-order valence-corrected chi connectivity index (χ0v) is 27.4. The lowest BCUT2D eigenvalue weighted by Gasteiger charge is -2.27. The quantitative estimate of drug-likeness (QED) is 0.353. The number of rotatable bonds is 5. The molecule has 39 heavy (non-hydrogen) atoms. The Balaban J connectivity index is -0.000000202. The van der Waals surface area contributed by atoms with Gasteiger partial charge in [0.2, 0.25) is 0 Å². The summed E-state index contributed by atoms with van der Waals surface area (Å²) in [7, 11) is 0. The van der Waals surface area contributed by atoms with E-state index in [2.05, 4.69) is 13.8 Å². The first-order chi connectivity index (χ1) is 17.3. The fraction of sp³-hybridized carbons (Fsp3) is 0.606. The molecule has 0 aliphatic heterocycles. The largest absolute Gasteiger partial charge is 0.390 e. The number of hydrogen-bond acceptors (Lipinski definition) is 6. The van der Waals surface area contributed by atoms with Crippen molar-refractivity contribution in [1.29, 1.82) is 0 Å². The van der Waals surface area contributed by atoms with E-state index in [1.807, 2.05) is 48.5 Å². The number of carbonyl (C=O) groups is 5. The highest BCUT2D eigenvalue weighted by Crippen LogP contribution is 2.32. The smallest absolute Gasteiger partial charge is 0.178 e. The van der Waals surface area contributed by atoms with Crippen molar-refractivity contribution in [3.63, 3.8) is 0 Å². The van der Waals surface area contributed by atoms with Gasteiger partial charge in [-0.05, 0) is 126 Å². The molecule has 0 unspecified atom stereocenters. The van der Waals surface area contributed by atoms with E-state index >= 15 is 0 Å².